The third-order valence-electron chi connectivity index (χ3n) is 2.21. The van der Waals surface area contributed by atoms with Crippen LogP contribution >= 0.6 is 0 Å². The van der Waals surface area contributed by atoms with Crippen molar-refractivity contribution in [3.8, 4) is 0 Å². The van der Waals surface area contributed by atoms with Gasteiger partial charge in [-0.3, -0.25) is 0 Å². The minimum absolute atomic E-state index is 0. The molecule has 0 aromatic heterocycles. The predicted molar refractivity (Wildman–Crippen MR) is 72.8 cm³/mol. The molecule has 0 N–H and O–H groups in total. The molecule has 0 heterocycles. The molecule has 0 atom stereocenters. The first kappa shape index (κ1) is 18.7. The van der Waals surface area contributed by atoms with Gasteiger partial charge in [0.05, 0.1) is 17.8 Å². The molecule has 0 aliphatic heterocycles. The van der Waals surface area contributed by atoms with E-state index in [-0.39, 0.29) is 30.4 Å². The van der Waals surface area contributed by atoms with Crippen molar-refractivity contribution in [2.24, 2.45) is 0 Å². The summed E-state index contributed by atoms with van der Waals surface area (Å²) in [5, 5.41) is 10.1. The van der Waals surface area contributed by atoms with E-state index in [1.807, 2.05) is 6.07 Å². The quantitative estimate of drug-likeness (QED) is 0.411. The molecule has 2 aromatic carbocycles. The third kappa shape index (κ3) is 7.16. The molecular formula is C16H13LiO4. The average Bonchev–Trinajstić information content (AvgIpc) is 2.50. The molecule has 2 rings (SSSR count). The number of ether oxygens (including phenoxy) is 1. The van der Waals surface area contributed by atoms with Crippen molar-refractivity contribution in [2.45, 2.75) is 0 Å². The van der Waals surface area contributed by atoms with Crippen molar-refractivity contribution < 1.29 is 38.3 Å². The van der Waals surface area contributed by atoms with E-state index in [4.69, 9.17) is 0 Å². The second-order valence-corrected chi connectivity index (χ2v) is 3.59. The molecule has 4 nitrogen and oxygen atoms in total. The topological polar surface area (TPSA) is 66.4 Å². The Labute approximate surface area is 135 Å². The number of hydrogen-bond acceptors (Lipinski definition) is 4. The zero-order valence-electron chi connectivity index (χ0n) is 11.7. The van der Waals surface area contributed by atoms with Crippen LogP contribution in [0.15, 0.2) is 73.5 Å². The van der Waals surface area contributed by atoms with E-state index in [1.54, 1.807) is 42.5 Å². The molecule has 0 saturated heterocycles. The van der Waals surface area contributed by atoms with E-state index in [0.29, 0.717) is 5.56 Å². The van der Waals surface area contributed by atoms with Crippen molar-refractivity contribution in [1.29, 1.82) is 0 Å². The maximum atomic E-state index is 11.0. The van der Waals surface area contributed by atoms with Gasteiger partial charge in [0, 0.05) is 0 Å². The molecule has 102 valence electrons. The first-order chi connectivity index (χ1) is 9.65. The van der Waals surface area contributed by atoms with Crippen LogP contribution in [0, 0.1) is 0 Å². The summed E-state index contributed by atoms with van der Waals surface area (Å²) in [6.07, 6.45) is 1.12. The Hall–Kier alpha value is -2.28. The van der Waals surface area contributed by atoms with Crippen LogP contribution in [0.25, 0.3) is 0 Å². The molecule has 0 radical (unpaired) electrons. The third-order valence-corrected chi connectivity index (χ3v) is 2.21. The van der Waals surface area contributed by atoms with Crippen molar-refractivity contribution in [1.82, 2.24) is 0 Å². The van der Waals surface area contributed by atoms with Crippen LogP contribution in [-0.4, -0.2) is 11.9 Å². The summed E-state index contributed by atoms with van der Waals surface area (Å²) < 4.78 is 4.55. The molecule has 5 heteroatoms. The van der Waals surface area contributed by atoms with Crippen molar-refractivity contribution in [2.75, 3.05) is 0 Å². The zero-order valence-corrected chi connectivity index (χ0v) is 11.7. The average molecular weight is 276 g/mol. The van der Waals surface area contributed by atoms with Gasteiger partial charge in [-0.15, -0.1) is 0 Å². The molecule has 0 aliphatic carbocycles. The van der Waals surface area contributed by atoms with Crippen LogP contribution in [0.4, 0.5) is 0 Å². The fourth-order valence-electron chi connectivity index (χ4n) is 1.29. The summed E-state index contributed by atoms with van der Waals surface area (Å²) in [5.74, 6) is -1.50. The van der Waals surface area contributed by atoms with Crippen LogP contribution in [0.5, 0.6) is 0 Å². The number of carbonyl (C=O) groups excluding carboxylic acids is 2. The Bertz CT molecular complexity index is 567. The van der Waals surface area contributed by atoms with Gasteiger partial charge in [-0.2, -0.15) is 0 Å². The Kier molecular flexibility index (Phi) is 9.36. The van der Waals surface area contributed by atoms with Gasteiger partial charge in [0.1, 0.15) is 0 Å². The van der Waals surface area contributed by atoms with Crippen LogP contribution < -0.4 is 24.0 Å². The van der Waals surface area contributed by atoms with Crippen molar-refractivity contribution in [3.05, 3.63) is 84.6 Å². The second kappa shape index (κ2) is 10.5. The predicted octanol–water partition coefficient (Wildman–Crippen LogP) is -0.959. The molecule has 0 fully saturated rings. The standard InChI is InChI=1S/C9H8O2.C7H6O2.Li/c1-2-11-9(10)8-6-4-3-5-7-8;8-7(9)6-4-2-1-3-5-6;/h2-7H,1H2;1-5H,(H,8,9);/q;;+1/p-1. The van der Waals surface area contributed by atoms with Crippen molar-refractivity contribution in [3.63, 3.8) is 0 Å². The van der Waals surface area contributed by atoms with E-state index in [2.05, 4.69) is 11.3 Å². The Balaban J connectivity index is 0.000000370. The fraction of sp³-hybridized carbons (Fsp3) is 0. The summed E-state index contributed by atoms with van der Waals surface area (Å²) in [4.78, 5) is 21.0. The normalized spacial score (nSPS) is 8.38. The summed E-state index contributed by atoms with van der Waals surface area (Å²) in [6, 6.07) is 16.8. The molecule has 0 unspecified atom stereocenters. The van der Waals surface area contributed by atoms with Gasteiger partial charge in [0.2, 0.25) is 0 Å². The Morgan fingerprint density at radius 1 is 0.905 bits per heavy atom. The van der Waals surface area contributed by atoms with E-state index in [1.165, 1.54) is 12.1 Å². The van der Waals surface area contributed by atoms with Gasteiger partial charge in [-0.1, -0.05) is 55.1 Å². The van der Waals surface area contributed by atoms with Gasteiger partial charge in [0.25, 0.3) is 0 Å². The SMILES string of the molecule is C=COC(=O)c1ccccc1.O=C([O-])c1ccccc1.[Li+]. The van der Waals surface area contributed by atoms with Gasteiger partial charge in [-0.05, 0) is 17.7 Å². The molecular weight excluding hydrogens is 263 g/mol. The second-order valence-electron chi connectivity index (χ2n) is 3.59. The van der Waals surface area contributed by atoms with E-state index >= 15 is 0 Å². The molecule has 0 spiro atoms. The molecule has 0 bridgehead atoms. The Morgan fingerprint density at radius 2 is 1.33 bits per heavy atom. The smallest absolute Gasteiger partial charge is 0.545 e. The molecule has 0 saturated carbocycles. The largest absolute Gasteiger partial charge is 1.00 e. The number of carboxylic acids is 1. The van der Waals surface area contributed by atoms with Crippen LogP contribution in [0.3, 0.4) is 0 Å². The number of carboxylic acid groups (broad SMARTS) is 1. The fourth-order valence-corrected chi connectivity index (χ4v) is 1.29. The van der Waals surface area contributed by atoms with Gasteiger partial charge in [-0.25, -0.2) is 4.79 Å². The number of benzene rings is 2. The van der Waals surface area contributed by atoms with Gasteiger partial charge in [0.15, 0.2) is 0 Å². The maximum absolute atomic E-state index is 11.0. The number of aromatic carboxylic acids is 1. The number of rotatable bonds is 3. The molecule has 0 amide bonds. The molecule has 21 heavy (non-hydrogen) atoms. The minimum Gasteiger partial charge on any atom is -0.545 e. The molecule has 0 aliphatic rings. The Morgan fingerprint density at radius 3 is 1.67 bits per heavy atom. The summed E-state index contributed by atoms with van der Waals surface area (Å²) in [7, 11) is 0. The van der Waals surface area contributed by atoms with E-state index in [9.17, 15) is 14.7 Å². The zero-order chi connectivity index (χ0) is 14.8. The maximum Gasteiger partial charge on any atom is 1.00 e. The first-order valence-electron chi connectivity index (χ1n) is 5.78. The summed E-state index contributed by atoms with van der Waals surface area (Å²) >= 11 is 0. The van der Waals surface area contributed by atoms with E-state index in [0.717, 1.165) is 6.26 Å². The summed E-state index contributed by atoms with van der Waals surface area (Å²) in [6.45, 7) is 3.28. The van der Waals surface area contributed by atoms with Crippen LogP contribution in [0.1, 0.15) is 20.7 Å². The van der Waals surface area contributed by atoms with Gasteiger partial charge >= 0.3 is 24.8 Å². The number of hydrogen-bond donors (Lipinski definition) is 0. The van der Waals surface area contributed by atoms with Crippen LogP contribution in [0.2, 0.25) is 0 Å². The first-order valence-corrected chi connectivity index (χ1v) is 5.78. The van der Waals surface area contributed by atoms with Crippen LogP contribution in [-0.2, 0) is 4.74 Å². The number of esters is 1. The monoisotopic (exact) mass is 276 g/mol. The van der Waals surface area contributed by atoms with Crippen molar-refractivity contribution >= 4 is 11.9 Å². The minimum atomic E-state index is -1.13. The summed E-state index contributed by atoms with van der Waals surface area (Å²) in [5.41, 5.74) is 0.755. The van der Waals surface area contributed by atoms with Gasteiger partial charge < -0.3 is 14.6 Å². The molecule has 2 aromatic rings. The van der Waals surface area contributed by atoms with E-state index < -0.39 is 5.97 Å². The number of carbonyl (C=O) groups is 2.